The van der Waals surface area contributed by atoms with Crippen molar-refractivity contribution in [1.29, 1.82) is 0 Å². The molecule has 0 aliphatic carbocycles. The Labute approximate surface area is 150 Å². The molecule has 0 spiro atoms. The van der Waals surface area contributed by atoms with Gasteiger partial charge in [0.2, 0.25) is 0 Å². The lowest BCUT2D eigenvalue weighted by molar-refractivity contribution is 0.128. The van der Waals surface area contributed by atoms with Crippen LogP contribution >= 0.6 is 0 Å². The fourth-order valence-electron chi connectivity index (χ4n) is 2.47. The number of para-hydroxylation sites is 2. The second-order valence-electron chi connectivity index (χ2n) is 6.52. The number of imidazole rings is 1. The molecule has 0 bridgehead atoms. The molecule has 25 heavy (non-hydrogen) atoms. The van der Waals surface area contributed by atoms with E-state index in [4.69, 9.17) is 4.74 Å². The van der Waals surface area contributed by atoms with E-state index in [0.29, 0.717) is 12.5 Å². The SMILES string of the molecule is CN=C(NCCCc1nc2ccccc2[nH]1)NCCOCCC(C)C. The molecule has 0 aliphatic heterocycles. The Balaban J connectivity index is 1.58. The van der Waals surface area contributed by atoms with Crippen LogP contribution in [-0.4, -0.2) is 49.3 Å². The van der Waals surface area contributed by atoms with Gasteiger partial charge in [0.05, 0.1) is 17.6 Å². The molecular formula is C19H31N5O. The van der Waals surface area contributed by atoms with Crippen molar-refractivity contribution in [2.24, 2.45) is 10.9 Å². The van der Waals surface area contributed by atoms with Crippen LogP contribution in [0.3, 0.4) is 0 Å². The average Bonchev–Trinajstić information content (AvgIpc) is 3.02. The summed E-state index contributed by atoms with van der Waals surface area (Å²) in [5, 5.41) is 6.59. The average molecular weight is 345 g/mol. The molecule has 6 heteroatoms. The molecule has 2 rings (SSSR count). The van der Waals surface area contributed by atoms with E-state index >= 15 is 0 Å². The fraction of sp³-hybridized carbons (Fsp3) is 0.579. The molecule has 1 aromatic carbocycles. The van der Waals surface area contributed by atoms with E-state index in [1.54, 1.807) is 7.05 Å². The van der Waals surface area contributed by atoms with Crippen LogP contribution < -0.4 is 10.6 Å². The van der Waals surface area contributed by atoms with E-state index < -0.39 is 0 Å². The Hall–Kier alpha value is -2.08. The van der Waals surface area contributed by atoms with Gasteiger partial charge in [0, 0.05) is 33.2 Å². The largest absolute Gasteiger partial charge is 0.380 e. The number of H-pyrrole nitrogens is 1. The predicted molar refractivity (Wildman–Crippen MR) is 104 cm³/mol. The van der Waals surface area contributed by atoms with Crippen LogP contribution in [0.1, 0.15) is 32.5 Å². The first-order valence-electron chi connectivity index (χ1n) is 9.15. The zero-order chi connectivity index (χ0) is 17.9. The highest BCUT2D eigenvalue weighted by atomic mass is 16.5. The summed E-state index contributed by atoms with van der Waals surface area (Å²) in [7, 11) is 1.79. The number of rotatable bonds is 10. The minimum atomic E-state index is 0.689. The highest BCUT2D eigenvalue weighted by molar-refractivity contribution is 5.79. The third-order valence-electron chi connectivity index (χ3n) is 3.92. The van der Waals surface area contributed by atoms with Crippen LogP contribution in [0.25, 0.3) is 11.0 Å². The van der Waals surface area contributed by atoms with Crippen molar-refractivity contribution in [3.05, 3.63) is 30.1 Å². The van der Waals surface area contributed by atoms with Gasteiger partial charge >= 0.3 is 0 Å². The number of guanidine groups is 1. The van der Waals surface area contributed by atoms with Crippen LogP contribution in [0, 0.1) is 5.92 Å². The van der Waals surface area contributed by atoms with E-state index in [2.05, 4.69) is 45.5 Å². The zero-order valence-electron chi connectivity index (χ0n) is 15.6. The number of nitrogens with one attached hydrogen (secondary N) is 3. The topological polar surface area (TPSA) is 74.3 Å². The maximum absolute atomic E-state index is 5.59. The highest BCUT2D eigenvalue weighted by Gasteiger charge is 2.02. The minimum Gasteiger partial charge on any atom is -0.380 e. The minimum absolute atomic E-state index is 0.689. The monoisotopic (exact) mass is 345 g/mol. The maximum Gasteiger partial charge on any atom is 0.191 e. The number of ether oxygens (including phenoxy) is 1. The number of aromatic amines is 1. The molecule has 3 N–H and O–H groups in total. The molecule has 0 saturated heterocycles. The predicted octanol–water partition coefficient (Wildman–Crippen LogP) is 2.72. The molecule has 0 atom stereocenters. The molecule has 6 nitrogen and oxygen atoms in total. The van der Waals surface area contributed by atoms with Crippen LogP contribution in [0.15, 0.2) is 29.3 Å². The van der Waals surface area contributed by atoms with Crippen molar-refractivity contribution in [2.75, 3.05) is 33.4 Å². The summed E-state index contributed by atoms with van der Waals surface area (Å²) in [6.45, 7) is 7.55. The Morgan fingerprint density at radius 3 is 2.76 bits per heavy atom. The number of hydrogen-bond donors (Lipinski definition) is 3. The molecule has 0 saturated carbocycles. The molecule has 1 aromatic heterocycles. The number of aromatic nitrogens is 2. The van der Waals surface area contributed by atoms with Gasteiger partial charge in [-0.3, -0.25) is 4.99 Å². The Bertz CT molecular complexity index is 617. The third-order valence-corrected chi connectivity index (χ3v) is 3.92. The van der Waals surface area contributed by atoms with E-state index in [1.165, 1.54) is 0 Å². The first-order valence-corrected chi connectivity index (χ1v) is 9.15. The van der Waals surface area contributed by atoms with Crippen LogP contribution in [0.2, 0.25) is 0 Å². The van der Waals surface area contributed by atoms with Gasteiger partial charge in [0.1, 0.15) is 5.82 Å². The number of hydrogen-bond acceptors (Lipinski definition) is 3. The van der Waals surface area contributed by atoms with Gasteiger partial charge in [-0.15, -0.1) is 0 Å². The lowest BCUT2D eigenvalue weighted by Gasteiger charge is -2.12. The smallest absolute Gasteiger partial charge is 0.191 e. The molecule has 1 heterocycles. The zero-order valence-corrected chi connectivity index (χ0v) is 15.6. The van der Waals surface area contributed by atoms with Crippen molar-refractivity contribution in [3.8, 4) is 0 Å². The number of benzene rings is 1. The summed E-state index contributed by atoms with van der Waals surface area (Å²) >= 11 is 0. The Morgan fingerprint density at radius 2 is 2.00 bits per heavy atom. The van der Waals surface area contributed by atoms with Crippen LogP contribution in [-0.2, 0) is 11.2 Å². The second-order valence-corrected chi connectivity index (χ2v) is 6.52. The molecule has 2 aromatic rings. The Kier molecular flexibility index (Phi) is 8.25. The molecule has 138 valence electrons. The quantitative estimate of drug-likeness (QED) is 0.352. The molecule has 0 aliphatic rings. The number of aliphatic imine (C=N–C) groups is 1. The summed E-state index contributed by atoms with van der Waals surface area (Å²) in [5.74, 6) is 2.54. The standard InChI is InChI=1S/C19H31N5O/c1-15(2)10-13-25-14-12-22-19(20-3)21-11-6-9-18-23-16-7-4-5-8-17(16)24-18/h4-5,7-8,15H,6,9-14H2,1-3H3,(H,23,24)(H2,20,21,22). The summed E-state index contributed by atoms with van der Waals surface area (Å²) in [5.41, 5.74) is 2.13. The van der Waals surface area contributed by atoms with Gasteiger partial charge in [-0.1, -0.05) is 26.0 Å². The maximum atomic E-state index is 5.59. The van der Waals surface area contributed by atoms with E-state index in [0.717, 1.165) is 61.8 Å². The molecule has 0 unspecified atom stereocenters. The van der Waals surface area contributed by atoms with Gasteiger partial charge < -0.3 is 20.4 Å². The van der Waals surface area contributed by atoms with Gasteiger partial charge in [-0.05, 0) is 30.9 Å². The summed E-state index contributed by atoms with van der Waals surface area (Å²) < 4.78 is 5.59. The van der Waals surface area contributed by atoms with Gasteiger partial charge in [-0.2, -0.15) is 0 Å². The van der Waals surface area contributed by atoms with Crippen molar-refractivity contribution in [1.82, 2.24) is 20.6 Å². The van der Waals surface area contributed by atoms with E-state index in [1.807, 2.05) is 18.2 Å². The fourth-order valence-corrected chi connectivity index (χ4v) is 2.47. The summed E-state index contributed by atoms with van der Waals surface area (Å²) in [6, 6.07) is 8.12. The first-order chi connectivity index (χ1) is 12.2. The van der Waals surface area contributed by atoms with Crippen LogP contribution in [0.5, 0.6) is 0 Å². The normalized spacial score (nSPS) is 12.1. The Morgan fingerprint density at radius 1 is 1.20 bits per heavy atom. The third kappa shape index (κ3) is 7.13. The lowest BCUT2D eigenvalue weighted by Crippen LogP contribution is -2.39. The van der Waals surface area contributed by atoms with Crippen molar-refractivity contribution in [2.45, 2.75) is 33.1 Å². The molecule has 0 radical (unpaired) electrons. The summed E-state index contributed by atoms with van der Waals surface area (Å²) in [6.07, 6.45) is 3.01. The van der Waals surface area contributed by atoms with Crippen molar-refractivity contribution < 1.29 is 4.74 Å². The van der Waals surface area contributed by atoms with Gasteiger partial charge in [-0.25, -0.2) is 4.98 Å². The van der Waals surface area contributed by atoms with Gasteiger partial charge in [0.15, 0.2) is 5.96 Å². The molecular weight excluding hydrogens is 314 g/mol. The molecule has 0 amide bonds. The number of fused-ring (bicyclic) bond motifs is 1. The number of nitrogens with zero attached hydrogens (tertiary/aromatic N) is 2. The second kappa shape index (κ2) is 10.7. The van der Waals surface area contributed by atoms with Crippen LogP contribution in [0.4, 0.5) is 0 Å². The summed E-state index contributed by atoms with van der Waals surface area (Å²) in [4.78, 5) is 12.2. The number of aryl methyl sites for hydroxylation is 1. The first kappa shape index (κ1) is 19.2. The van der Waals surface area contributed by atoms with E-state index in [-0.39, 0.29) is 0 Å². The highest BCUT2D eigenvalue weighted by Crippen LogP contribution is 2.10. The van der Waals surface area contributed by atoms with Crippen molar-refractivity contribution in [3.63, 3.8) is 0 Å². The lowest BCUT2D eigenvalue weighted by atomic mass is 10.1. The van der Waals surface area contributed by atoms with E-state index in [9.17, 15) is 0 Å². The molecule has 0 fully saturated rings. The van der Waals surface area contributed by atoms with Gasteiger partial charge in [0.25, 0.3) is 0 Å². The van der Waals surface area contributed by atoms with Crippen molar-refractivity contribution >= 4 is 17.0 Å².